The van der Waals surface area contributed by atoms with Crippen molar-refractivity contribution in [1.29, 1.82) is 0 Å². The van der Waals surface area contributed by atoms with Crippen molar-refractivity contribution < 1.29 is 32.2 Å². The summed E-state index contributed by atoms with van der Waals surface area (Å²) in [5.41, 5.74) is 2.71. The first kappa shape index (κ1) is 25.3. The zero-order valence-corrected chi connectivity index (χ0v) is 21.4. The number of benzene rings is 3. The Balaban J connectivity index is 1.26. The molecule has 0 bridgehead atoms. The summed E-state index contributed by atoms with van der Waals surface area (Å²) in [7, 11) is 0. The van der Waals surface area contributed by atoms with Crippen molar-refractivity contribution in [1.82, 2.24) is 9.55 Å². The number of nitrogens with zero attached hydrogens (tertiary/aromatic N) is 2. The molecule has 0 spiro atoms. The summed E-state index contributed by atoms with van der Waals surface area (Å²) in [6.07, 6.45) is -0.713. The van der Waals surface area contributed by atoms with E-state index in [1.54, 1.807) is 53.4 Å². The zero-order valence-electron chi connectivity index (χ0n) is 21.4. The van der Waals surface area contributed by atoms with Crippen molar-refractivity contribution in [3.05, 3.63) is 113 Å². The Kier molecular flexibility index (Phi) is 5.67. The van der Waals surface area contributed by atoms with Crippen molar-refractivity contribution in [2.45, 2.75) is 25.1 Å². The molecule has 9 heteroatoms. The van der Waals surface area contributed by atoms with Crippen LogP contribution in [0.2, 0.25) is 0 Å². The van der Waals surface area contributed by atoms with Gasteiger partial charge in [0.15, 0.2) is 0 Å². The van der Waals surface area contributed by atoms with Crippen molar-refractivity contribution >= 4 is 16.9 Å². The highest BCUT2D eigenvalue weighted by molar-refractivity contribution is 5.98. The molecule has 2 heterocycles. The number of pyridine rings is 1. The van der Waals surface area contributed by atoms with Crippen LogP contribution in [0.15, 0.2) is 85.2 Å². The minimum atomic E-state index is -4.58. The first-order valence-electron chi connectivity index (χ1n) is 13.1. The Morgan fingerprint density at radius 1 is 1.02 bits per heavy atom. The van der Waals surface area contributed by atoms with E-state index in [4.69, 9.17) is 4.74 Å². The van der Waals surface area contributed by atoms with E-state index in [1.807, 2.05) is 6.07 Å². The maximum atomic E-state index is 15.4. The summed E-state index contributed by atoms with van der Waals surface area (Å²) in [5.74, 6) is -1.38. The third-order valence-corrected chi connectivity index (χ3v) is 8.17. The second-order valence-electron chi connectivity index (χ2n) is 10.5. The average molecular weight is 559 g/mol. The fourth-order valence-corrected chi connectivity index (χ4v) is 6.22. The number of fused-ring (bicyclic) bond motifs is 4. The number of rotatable bonds is 6. The van der Waals surface area contributed by atoms with Crippen LogP contribution in [-0.4, -0.2) is 20.6 Å². The van der Waals surface area contributed by atoms with E-state index in [2.05, 4.69) is 4.98 Å². The van der Waals surface area contributed by atoms with Crippen LogP contribution in [-0.2, 0) is 24.0 Å². The van der Waals surface area contributed by atoms with Crippen LogP contribution in [0.5, 0.6) is 5.88 Å². The summed E-state index contributed by atoms with van der Waals surface area (Å²) in [6.45, 7) is -0.185. The Morgan fingerprint density at radius 3 is 2.54 bits per heavy atom. The lowest BCUT2D eigenvalue weighted by atomic mass is 9.98. The van der Waals surface area contributed by atoms with E-state index in [-0.39, 0.29) is 41.4 Å². The fraction of sp³-hybridized carbons (Fsp3) is 0.188. The molecule has 3 aromatic carbocycles. The molecule has 0 amide bonds. The molecule has 0 saturated heterocycles. The molecule has 2 aromatic heterocycles. The van der Waals surface area contributed by atoms with E-state index in [1.165, 1.54) is 24.3 Å². The van der Waals surface area contributed by atoms with Gasteiger partial charge in [0.05, 0.1) is 17.0 Å². The van der Waals surface area contributed by atoms with Crippen LogP contribution >= 0.6 is 0 Å². The third-order valence-electron chi connectivity index (χ3n) is 8.17. The number of alkyl halides is 3. The number of hydrogen-bond donors (Lipinski definition) is 1. The molecular formula is C32H22F4N2O3. The smallest absolute Gasteiger partial charge is 0.417 e. The Hall–Kier alpha value is -4.66. The Bertz CT molecular complexity index is 1830. The molecular weight excluding hydrogens is 536 g/mol. The number of ether oxygens (including phenoxy) is 1. The maximum absolute atomic E-state index is 15.4. The van der Waals surface area contributed by atoms with E-state index in [0.29, 0.717) is 28.6 Å². The van der Waals surface area contributed by atoms with Gasteiger partial charge in [0.2, 0.25) is 5.88 Å². The van der Waals surface area contributed by atoms with Crippen LogP contribution in [0.4, 0.5) is 17.6 Å². The molecule has 0 radical (unpaired) electrons. The van der Waals surface area contributed by atoms with Gasteiger partial charge in [-0.05, 0) is 59.4 Å². The Labute approximate surface area is 231 Å². The second-order valence-corrected chi connectivity index (χ2v) is 10.5. The molecule has 3 atom stereocenters. The minimum absolute atomic E-state index is 0.00308. The van der Waals surface area contributed by atoms with Crippen LogP contribution in [0, 0.1) is 17.7 Å². The molecule has 206 valence electrons. The topological polar surface area (TPSA) is 64.3 Å². The zero-order chi connectivity index (χ0) is 28.5. The van der Waals surface area contributed by atoms with Gasteiger partial charge in [-0.15, -0.1) is 0 Å². The lowest BCUT2D eigenvalue weighted by Crippen LogP contribution is -2.07. The molecule has 5 aromatic rings. The number of para-hydroxylation sites is 1. The van der Waals surface area contributed by atoms with Gasteiger partial charge in [-0.1, -0.05) is 36.4 Å². The molecule has 3 unspecified atom stereocenters. The number of carboxylic acids is 1. The van der Waals surface area contributed by atoms with Gasteiger partial charge in [0, 0.05) is 46.6 Å². The van der Waals surface area contributed by atoms with Crippen molar-refractivity contribution in [2.75, 3.05) is 0 Å². The number of aliphatic carboxylic acids is 1. The highest BCUT2D eigenvalue weighted by Gasteiger charge is 2.59. The Morgan fingerprint density at radius 2 is 1.78 bits per heavy atom. The van der Waals surface area contributed by atoms with Gasteiger partial charge in [-0.2, -0.15) is 13.2 Å². The van der Waals surface area contributed by atoms with E-state index < -0.39 is 23.5 Å². The average Bonchev–Trinajstić information content (AvgIpc) is 3.37. The van der Waals surface area contributed by atoms with Gasteiger partial charge < -0.3 is 14.4 Å². The van der Waals surface area contributed by atoms with Gasteiger partial charge in [-0.25, -0.2) is 9.37 Å². The highest BCUT2D eigenvalue weighted by atomic mass is 19.4. The summed E-state index contributed by atoms with van der Waals surface area (Å²) in [6, 6.07) is 19.0. The quantitative estimate of drug-likeness (QED) is 0.221. The van der Waals surface area contributed by atoms with Gasteiger partial charge in [0.1, 0.15) is 12.4 Å². The standard InChI is InChI=1S/C32H22F4N2O3/c33-26-13-27-21(11-18(26)16-41-28-12-17-10-22-29(23(17)14-37-28)30(22)31(39)40)24(15-38(27)19-6-2-1-3-7-19)20-8-4-5-9-25(20)32(34,35)36/h1-9,11-15,22,29-30H,10,16H2,(H,39,40). The predicted octanol–water partition coefficient (Wildman–Crippen LogP) is 7.40. The fourth-order valence-electron chi connectivity index (χ4n) is 6.22. The van der Waals surface area contributed by atoms with E-state index >= 15 is 4.39 Å². The van der Waals surface area contributed by atoms with E-state index in [9.17, 15) is 23.1 Å². The normalized spacial score (nSPS) is 19.2. The molecule has 7 rings (SSSR count). The first-order valence-corrected chi connectivity index (χ1v) is 13.1. The second kappa shape index (κ2) is 9.19. The number of hydrogen-bond acceptors (Lipinski definition) is 3. The van der Waals surface area contributed by atoms with Crippen LogP contribution in [0.3, 0.4) is 0 Å². The van der Waals surface area contributed by atoms with Crippen molar-refractivity contribution in [3.8, 4) is 22.7 Å². The molecule has 1 saturated carbocycles. The highest BCUT2D eigenvalue weighted by Crippen LogP contribution is 2.61. The van der Waals surface area contributed by atoms with Crippen molar-refractivity contribution in [2.24, 2.45) is 11.8 Å². The molecule has 2 aliphatic rings. The van der Waals surface area contributed by atoms with Gasteiger partial charge in [0.25, 0.3) is 0 Å². The number of aromatic nitrogens is 2. The molecule has 1 fully saturated rings. The van der Waals surface area contributed by atoms with Crippen molar-refractivity contribution in [3.63, 3.8) is 0 Å². The monoisotopic (exact) mass is 558 g/mol. The third kappa shape index (κ3) is 4.23. The molecule has 41 heavy (non-hydrogen) atoms. The number of carboxylic acid groups (broad SMARTS) is 1. The first-order chi connectivity index (χ1) is 19.7. The maximum Gasteiger partial charge on any atom is 0.417 e. The van der Waals surface area contributed by atoms with Crippen LogP contribution in [0.25, 0.3) is 27.7 Å². The summed E-state index contributed by atoms with van der Waals surface area (Å²) < 4.78 is 64.9. The lowest BCUT2D eigenvalue weighted by Gasteiger charge is -2.13. The SMILES string of the molecule is O=C(O)C1C2Cc3cc(OCc4cc5c(-c6ccccc6C(F)(F)F)cn(-c6ccccc6)c5cc4F)ncc3C21. The van der Waals surface area contributed by atoms with Crippen LogP contribution in [0.1, 0.15) is 28.2 Å². The van der Waals surface area contributed by atoms with Gasteiger partial charge >= 0.3 is 12.1 Å². The number of halogens is 4. The molecule has 5 nitrogen and oxygen atoms in total. The van der Waals surface area contributed by atoms with E-state index in [0.717, 1.165) is 17.2 Å². The predicted molar refractivity (Wildman–Crippen MR) is 143 cm³/mol. The van der Waals surface area contributed by atoms with Gasteiger partial charge in [-0.3, -0.25) is 4.79 Å². The molecule has 0 aliphatic heterocycles. The summed E-state index contributed by atoms with van der Waals surface area (Å²) in [5, 5.41) is 9.78. The summed E-state index contributed by atoms with van der Waals surface area (Å²) >= 11 is 0. The molecule has 2 aliphatic carbocycles. The largest absolute Gasteiger partial charge is 0.481 e. The van der Waals surface area contributed by atoms with Crippen LogP contribution < -0.4 is 4.74 Å². The minimum Gasteiger partial charge on any atom is -0.481 e. The lowest BCUT2D eigenvalue weighted by molar-refractivity contribution is -0.139. The summed E-state index contributed by atoms with van der Waals surface area (Å²) in [4.78, 5) is 15.7. The number of carbonyl (C=O) groups is 1. The molecule has 1 N–H and O–H groups in total.